The molecule has 1 saturated heterocycles. The Morgan fingerprint density at radius 1 is 1.43 bits per heavy atom. The molecule has 0 aromatic carbocycles. The smallest absolute Gasteiger partial charge is 0.350 e. The summed E-state index contributed by atoms with van der Waals surface area (Å²) < 4.78 is 4.68. The Bertz CT molecular complexity index is 599. The van der Waals surface area contributed by atoms with Gasteiger partial charge in [-0.3, -0.25) is 14.5 Å². The molecule has 126 valence electrons. The molecule has 0 aliphatic carbocycles. The van der Waals surface area contributed by atoms with Crippen LogP contribution in [-0.4, -0.2) is 67.9 Å². The molecule has 0 saturated carbocycles. The maximum Gasteiger partial charge on any atom is 0.350 e. The Hall–Kier alpha value is -1.93. The molecule has 8 heteroatoms. The van der Waals surface area contributed by atoms with Gasteiger partial charge in [-0.2, -0.15) is 0 Å². The number of nitrogens with zero attached hydrogens (tertiary/aromatic N) is 2. The van der Waals surface area contributed by atoms with E-state index in [0.717, 1.165) is 12.8 Å². The van der Waals surface area contributed by atoms with Gasteiger partial charge in [-0.05, 0) is 30.8 Å². The highest BCUT2D eigenvalue weighted by molar-refractivity contribution is 7.12. The fourth-order valence-electron chi connectivity index (χ4n) is 2.63. The number of ether oxygens (including phenoxy) is 1. The van der Waals surface area contributed by atoms with E-state index in [1.165, 1.54) is 18.4 Å². The highest BCUT2D eigenvalue weighted by atomic mass is 32.1. The molecular formula is C15H21N3O4S. The number of carbonyl (C=O) groups excluding carboxylic acids is 3. The van der Waals surface area contributed by atoms with Crippen molar-refractivity contribution in [2.75, 3.05) is 39.6 Å². The predicted molar refractivity (Wildman–Crippen MR) is 87.6 cm³/mol. The first-order valence-corrected chi connectivity index (χ1v) is 8.23. The quantitative estimate of drug-likeness (QED) is 0.811. The molecule has 0 bridgehead atoms. The summed E-state index contributed by atoms with van der Waals surface area (Å²) >= 11 is 1.21. The third-order valence-electron chi connectivity index (χ3n) is 3.75. The summed E-state index contributed by atoms with van der Waals surface area (Å²) in [5, 5.41) is 4.44. The van der Waals surface area contributed by atoms with Crippen molar-refractivity contribution in [2.45, 2.75) is 18.9 Å². The van der Waals surface area contributed by atoms with Crippen LogP contribution in [0.4, 0.5) is 5.69 Å². The number of rotatable bonds is 5. The number of hydrogen-bond donors (Lipinski definition) is 1. The molecule has 1 atom stereocenters. The summed E-state index contributed by atoms with van der Waals surface area (Å²) in [6.45, 7) is 0.839. The van der Waals surface area contributed by atoms with E-state index in [4.69, 9.17) is 0 Å². The molecule has 23 heavy (non-hydrogen) atoms. The van der Waals surface area contributed by atoms with Crippen LogP contribution in [0, 0.1) is 0 Å². The van der Waals surface area contributed by atoms with Crippen molar-refractivity contribution in [3.05, 3.63) is 16.3 Å². The second-order valence-electron chi connectivity index (χ2n) is 5.56. The first kappa shape index (κ1) is 17.4. The van der Waals surface area contributed by atoms with E-state index in [0.29, 0.717) is 17.1 Å². The Labute approximate surface area is 139 Å². The van der Waals surface area contributed by atoms with Crippen molar-refractivity contribution in [1.29, 1.82) is 0 Å². The summed E-state index contributed by atoms with van der Waals surface area (Å²) in [6, 6.07) is 1.42. The molecule has 1 fully saturated rings. The lowest BCUT2D eigenvalue weighted by Crippen LogP contribution is -2.45. The standard InChI is InChI=1S/C15H21N3O4S/c1-17(2)14(20)11-5-4-7-18(11)9-12(19)16-10-6-8-23-13(10)15(21)22-3/h6,8,11H,4-5,7,9H2,1-3H3,(H,16,19). The van der Waals surface area contributed by atoms with E-state index in [1.807, 2.05) is 4.90 Å². The van der Waals surface area contributed by atoms with Crippen LogP contribution in [0.25, 0.3) is 0 Å². The number of carbonyl (C=O) groups is 3. The van der Waals surface area contributed by atoms with Gasteiger partial charge in [0.25, 0.3) is 0 Å². The molecule has 0 radical (unpaired) electrons. The minimum absolute atomic E-state index is 0.0149. The van der Waals surface area contributed by atoms with Crippen LogP contribution < -0.4 is 5.32 Å². The molecule has 1 aliphatic rings. The predicted octanol–water partition coefficient (Wildman–Crippen LogP) is 1.03. The first-order valence-electron chi connectivity index (χ1n) is 7.35. The van der Waals surface area contributed by atoms with Gasteiger partial charge >= 0.3 is 5.97 Å². The Balaban J connectivity index is 1.98. The van der Waals surface area contributed by atoms with Crippen LogP contribution >= 0.6 is 11.3 Å². The number of esters is 1. The van der Waals surface area contributed by atoms with E-state index in [1.54, 1.807) is 30.4 Å². The molecule has 2 rings (SSSR count). The highest BCUT2D eigenvalue weighted by Crippen LogP contribution is 2.24. The van der Waals surface area contributed by atoms with Crippen molar-refractivity contribution >= 4 is 34.8 Å². The van der Waals surface area contributed by atoms with Crippen molar-refractivity contribution in [3.8, 4) is 0 Å². The average molecular weight is 339 g/mol. The van der Waals surface area contributed by atoms with Gasteiger partial charge in [0.1, 0.15) is 4.88 Å². The average Bonchev–Trinajstić information content (AvgIpc) is 3.14. The summed E-state index contributed by atoms with van der Waals surface area (Å²) in [5.74, 6) is -0.703. The largest absolute Gasteiger partial charge is 0.465 e. The lowest BCUT2D eigenvalue weighted by Gasteiger charge is -2.25. The number of likely N-dealkylation sites (N-methyl/N-ethyl adjacent to an activating group) is 1. The summed E-state index contributed by atoms with van der Waals surface area (Å²) in [6.07, 6.45) is 1.65. The van der Waals surface area contributed by atoms with E-state index in [9.17, 15) is 14.4 Å². The second kappa shape index (κ2) is 7.56. The van der Waals surface area contributed by atoms with E-state index in [-0.39, 0.29) is 24.4 Å². The number of anilines is 1. The molecule has 2 amide bonds. The van der Waals surface area contributed by atoms with Crippen molar-refractivity contribution in [1.82, 2.24) is 9.80 Å². The maximum absolute atomic E-state index is 12.2. The van der Waals surface area contributed by atoms with E-state index >= 15 is 0 Å². The Kier molecular flexibility index (Phi) is 5.73. The number of thiophene rings is 1. The number of nitrogens with one attached hydrogen (secondary N) is 1. The molecular weight excluding hydrogens is 318 g/mol. The van der Waals surface area contributed by atoms with Gasteiger partial charge in [-0.1, -0.05) is 0 Å². The topological polar surface area (TPSA) is 79.0 Å². The lowest BCUT2D eigenvalue weighted by atomic mass is 10.2. The summed E-state index contributed by atoms with van der Waals surface area (Å²) in [5.41, 5.74) is 0.446. The Morgan fingerprint density at radius 2 is 2.17 bits per heavy atom. The number of amides is 2. The molecule has 2 heterocycles. The van der Waals surface area contributed by atoms with E-state index < -0.39 is 5.97 Å². The molecule has 1 aromatic heterocycles. The number of likely N-dealkylation sites (tertiary alicyclic amines) is 1. The molecule has 1 aliphatic heterocycles. The minimum atomic E-state index is -0.475. The van der Waals surface area contributed by atoms with Gasteiger partial charge in [-0.15, -0.1) is 11.3 Å². The molecule has 7 nitrogen and oxygen atoms in total. The Morgan fingerprint density at radius 3 is 2.83 bits per heavy atom. The minimum Gasteiger partial charge on any atom is -0.465 e. The summed E-state index contributed by atoms with van der Waals surface area (Å²) in [4.78, 5) is 39.8. The molecule has 1 unspecified atom stereocenters. The van der Waals surface area contributed by atoms with Crippen LogP contribution in [0.5, 0.6) is 0 Å². The van der Waals surface area contributed by atoms with Gasteiger partial charge < -0.3 is 15.0 Å². The zero-order chi connectivity index (χ0) is 17.0. The zero-order valence-electron chi connectivity index (χ0n) is 13.5. The number of hydrogen-bond acceptors (Lipinski definition) is 6. The van der Waals surface area contributed by atoms with Crippen LogP contribution in [0.15, 0.2) is 11.4 Å². The highest BCUT2D eigenvalue weighted by Gasteiger charge is 2.32. The van der Waals surface area contributed by atoms with Gasteiger partial charge in [0.2, 0.25) is 11.8 Å². The van der Waals surface area contributed by atoms with Crippen LogP contribution in [0.1, 0.15) is 22.5 Å². The normalized spacial score (nSPS) is 17.8. The van der Waals surface area contributed by atoms with Crippen molar-refractivity contribution in [2.24, 2.45) is 0 Å². The van der Waals surface area contributed by atoms with E-state index in [2.05, 4.69) is 10.1 Å². The third-order valence-corrected chi connectivity index (χ3v) is 4.64. The SMILES string of the molecule is COC(=O)c1sccc1NC(=O)CN1CCCC1C(=O)N(C)C. The van der Waals surface area contributed by atoms with Crippen molar-refractivity contribution < 1.29 is 19.1 Å². The molecule has 0 spiro atoms. The fraction of sp³-hybridized carbons (Fsp3) is 0.533. The van der Waals surface area contributed by atoms with Crippen LogP contribution in [0.3, 0.4) is 0 Å². The number of methoxy groups -OCH3 is 1. The zero-order valence-corrected chi connectivity index (χ0v) is 14.3. The maximum atomic E-state index is 12.2. The molecule has 1 N–H and O–H groups in total. The molecule has 1 aromatic rings. The van der Waals surface area contributed by atoms with Gasteiger partial charge in [0.05, 0.1) is 25.4 Å². The third kappa shape index (κ3) is 4.08. The second-order valence-corrected chi connectivity index (χ2v) is 6.48. The summed E-state index contributed by atoms with van der Waals surface area (Å²) in [7, 11) is 4.73. The van der Waals surface area contributed by atoms with Gasteiger partial charge in [0, 0.05) is 14.1 Å². The van der Waals surface area contributed by atoms with Crippen LogP contribution in [-0.2, 0) is 14.3 Å². The van der Waals surface area contributed by atoms with Crippen LogP contribution in [0.2, 0.25) is 0 Å². The van der Waals surface area contributed by atoms with Gasteiger partial charge in [0.15, 0.2) is 0 Å². The van der Waals surface area contributed by atoms with Gasteiger partial charge in [-0.25, -0.2) is 4.79 Å². The fourth-order valence-corrected chi connectivity index (χ4v) is 3.39. The monoisotopic (exact) mass is 339 g/mol. The first-order chi connectivity index (χ1) is 10.9. The lowest BCUT2D eigenvalue weighted by molar-refractivity contribution is -0.133. The van der Waals surface area contributed by atoms with Crippen molar-refractivity contribution in [3.63, 3.8) is 0 Å².